The fraction of sp³-hybridized carbons (Fsp3) is 0.778. The molecular weight excluding hydrogens is 182 g/mol. The van der Waals surface area contributed by atoms with Gasteiger partial charge in [0.25, 0.3) is 0 Å². The average molecular weight is 199 g/mol. The summed E-state index contributed by atoms with van der Waals surface area (Å²) in [4.78, 5) is 24.3. The first kappa shape index (κ1) is 11.0. The van der Waals surface area contributed by atoms with Gasteiger partial charge in [0, 0.05) is 13.1 Å². The van der Waals surface area contributed by atoms with E-state index in [1.165, 1.54) is 4.90 Å². The molecule has 1 aliphatic heterocycles. The molecule has 1 saturated heterocycles. The number of imide groups is 1. The minimum absolute atomic E-state index is 0.256. The first-order valence-electron chi connectivity index (χ1n) is 5.01. The zero-order valence-corrected chi connectivity index (χ0v) is 8.45. The second-order valence-electron chi connectivity index (χ2n) is 3.43. The summed E-state index contributed by atoms with van der Waals surface area (Å²) in [6.45, 7) is 2.83. The molecule has 0 bridgehead atoms. The number of likely N-dealkylation sites (tertiary alicyclic amines) is 1. The van der Waals surface area contributed by atoms with E-state index in [-0.39, 0.29) is 11.9 Å². The normalized spacial score (nSPS) is 23.1. The number of urea groups is 1. The van der Waals surface area contributed by atoms with Crippen LogP contribution in [0.15, 0.2) is 0 Å². The number of carbonyl (C=O) groups is 2. The van der Waals surface area contributed by atoms with Crippen LogP contribution in [0.2, 0.25) is 0 Å². The maximum Gasteiger partial charge on any atom is 0.324 e. The zero-order chi connectivity index (χ0) is 10.6. The Morgan fingerprint density at radius 2 is 2.36 bits per heavy atom. The van der Waals surface area contributed by atoms with Crippen molar-refractivity contribution in [2.24, 2.45) is 5.73 Å². The summed E-state index contributed by atoms with van der Waals surface area (Å²) in [6, 6.07) is -0.838. The molecule has 3 amide bonds. The standard InChI is InChI=1S/C9H17N3O2/c1-2-11-9(14)12-6-4-3-5-7(10)8(12)13/h7H,2-6,10H2,1H3,(H,11,14)/t7-/m1/s1. The Morgan fingerprint density at radius 1 is 1.64 bits per heavy atom. The summed E-state index contributed by atoms with van der Waals surface area (Å²) in [5.74, 6) is -0.256. The maximum absolute atomic E-state index is 11.6. The van der Waals surface area contributed by atoms with Gasteiger partial charge in [0.1, 0.15) is 0 Å². The number of nitrogens with two attached hydrogens (primary N) is 1. The van der Waals surface area contributed by atoms with Crippen LogP contribution in [0.1, 0.15) is 26.2 Å². The van der Waals surface area contributed by atoms with Crippen molar-refractivity contribution in [2.75, 3.05) is 13.1 Å². The highest BCUT2D eigenvalue weighted by atomic mass is 16.2. The van der Waals surface area contributed by atoms with Crippen molar-refractivity contribution in [1.82, 2.24) is 10.2 Å². The van der Waals surface area contributed by atoms with Gasteiger partial charge in [-0.3, -0.25) is 9.69 Å². The highest BCUT2D eigenvalue weighted by Crippen LogP contribution is 2.10. The van der Waals surface area contributed by atoms with Crippen LogP contribution in [0.25, 0.3) is 0 Å². The van der Waals surface area contributed by atoms with Crippen molar-refractivity contribution in [1.29, 1.82) is 0 Å². The first-order valence-corrected chi connectivity index (χ1v) is 5.01. The van der Waals surface area contributed by atoms with Crippen molar-refractivity contribution in [3.8, 4) is 0 Å². The third kappa shape index (κ3) is 2.45. The smallest absolute Gasteiger partial charge is 0.324 e. The number of amides is 3. The molecule has 0 spiro atoms. The third-order valence-corrected chi connectivity index (χ3v) is 2.30. The predicted molar refractivity (Wildman–Crippen MR) is 52.6 cm³/mol. The number of rotatable bonds is 1. The highest BCUT2D eigenvalue weighted by molar-refractivity contribution is 5.97. The number of nitrogens with zero attached hydrogens (tertiary/aromatic N) is 1. The quantitative estimate of drug-likeness (QED) is 0.627. The Kier molecular flexibility index (Phi) is 3.88. The summed E-state index contributed by atoms with van der Waals surface area (Å²) in [6.07, 6.45) is 2.42. The largest absolute Gasteiger partial charge is 0.338 e. The Morgan fingerprint density at radius 3 is 3.00 bits per heavy atom. The fourth-order valence-electron chi connectivity index (χ4n) is 1.52. The van der Waals surface area contributed by atoms with E-state index in [0.29, 0.717) is 19.5 Å². The van der Waals surface area contributed by atoms with Gasteiger partial charge < -0.3 is 11.1 Å². The maximum atomic E-state index is 11.6. The zero-order valence-electron chi connectivity index (χ0n) is 8.45. The van der Waals surface area contributed by atoms with Crippen molar-refractivity contribution in [3.63, 3.8) is 0 Å². The number of nitrogens with one attached hydrogen (secondary N) is 1. The summed E-state index contributed by atoms with van der Waals surface area (Å²) in [7, 11) is 0. The van der Waals surface area contributed by atoms with Gasteiger partial charge in [0.15, 0.2) is 0 Å². The van der Waals surface area contributed by atoms with Gasteiger partial charge in [-0.05, 0) is 26.2 Å². The molecule has 5 heteroatoms. The molecule has 1 rings (SSSR count). The molecule has 0 radical (unpaired) electrons. The predicted octanol–water partition coefficient (Wildman–Crippen LogP) is 0.0557. The molecule has 1 heterocycles. The van der Waals surface area contributed by atoms with Gasteiger partial charge in [-0.25, -0.2) is 4.79 Å². The topological polar surface area (TPSA) is 75.4 Å². The summed E-state index contributed by atoms with van der Waals surface area (Å²) >= 11 is 0. The van der Waals surface area contributed by atoms with Gasteiger partial charge in [-0.2, -0.15) is 0 Å². The van der Waals surface area contributed by atoms with Gasteiger partial charge in [-0.1, -0.05) is 0 Å². The molecule has 0 aromatic carbocycles. The lowest BCUT2D eigenvalue weighted by Crippen LogP contribution is -2.49. The van der Waals surface area contributed by atoms with Gasteiger partial charge >= 0.3 is 6.03 Å². The van der Waals surface area contributed by atoms with Gasteiger partial charge in [0.2, 0.25) is 5.91 Å². The minimum atomic E-state index is -0.514. The van der Waals surface area contributed by atoms with Gasteiger partial charge in [0.05, 0.1) is 6.04 Å². The lowest BCUT2D eigenvalue weighted by atomic mass is 10.1. The lowest BCUT2D eigenvalue weighted by Gasteiger charge is -2.20. The molecular formula is C9H17N3O2. The van der Waals surface area contributed by atoms with Crippen molar-refractivity contribution in [2.45, 2.75) is 32.2 Å². The minimum Gasteiger partial charge on any atom is -0.338 e. The van der Waals surface area contributed by atoms with E-state index >= 15 is 0 Å². The van der Waals surface area contributed by atoms with Crippen LogP contribution in [0.3, 0.4) is 0 Å². The van der Waals surface area contributed by atoms with E-state index in [2.05, 4.69) is 5.32 Å². The Balaban J connectivity index is 2.64. The summed E-state index contributed by atoms with van der Waals surface area (Å²) < 4.78 is 0. The second-order valence-corrected chi connectivity index (χ2v) is 3.43. The summed E-state index contributed by atoms with van der Waals surface area (Å²) in [5, 5.41) is 2.60. The van der Waals surface area contributed by atoms with Crippen LogP contribution < -0.4 is 11.1 Å². The molecule has 14 heavy (non-hydrogen) atoms. The Hall–Kier alpha value is -1.10. The van der Waals surface area contributed by atoms with Crippen LogP contribution in [-0.4, -0.2) is 36.0 Å². The molecule has 0 saturated carbocycles. The molecule has 0 aliphatic carbocycles. The number of hydrogen-bond donors (Lipinski definition) is 2. The molecule has 5 nitrogen and oxygen atoms in total. The van der Waals surface area contributed by atoms with Crippen LogP contribution in [0.4, 0.5) is 4.79 Å². The van der Waals surface area contributed by atoms with Crippen molar-refractivity contribution < 1.29 is 9.59 Å². The molecule has 1 atom stereocenters. The van der Waals surface area contributed by atoms with E-state index in [1.807, 2.05) is 6.92 Å². The number of carbonyl (C=O) groups excluding carboxylic acids is 2. The Bertz CT molecular complexity index is 230. The first-order chi connectivity index (χ1) is 6.66. The molecule has 1 fully saturated rings. The highest BCUT2D eigenvalue weighted by Gasteiger charge is 2.27. The summed E-state index contributed by atoms with van der Waals surface area (Å²) in [5.41, 5.74) is 5.63. The Labute approximate surface area is 83.6 Å². The fourth-order valence-corrected chi connectivity index (χ4v) is 1.52. The van der Waals surface area contributed by atoms with Crippen LogP contribution in [0.5, 0.6) is 0 Å². The molecule has 80 valence electrons. The monoisotopic (exact) mass is 199 g/mol. The molecule has 0 aromatic rings. The van der Waals surface area contributed by atoms with Crippen LogP contribution in [0, 0.1) is 0 Å². The van der Waals surface area contributed by atoms with Crippen LogP contribution >= 0.6 is 0 Å². The third-order valence-electron chi connectivity index (χ3n) is 2.30. The molecule has 1 aliphatic rings. The van der Waals surface area contributed by atoms with Crippen LogP contribution in [-0.2, 0) is 4.79 Å². The van der Waals surface area contributed by atoms with E-state index < -0.39 is 6.04 Å². The molecule has 3 N–H and O–H groups in total. The average Bonchev–Trinajstić information content (AvgIpc) is 2.31. The van der Waals surface area contributed by atoms with Crippen molar-refractivity contribution >= 4 is 11.9 Å². The second kappa shape index (κ2) is 4.95. The lowest BCUT2D eigenvalue weighted by molar-refractivity contribution is -0.129. The molecule has 0 unspecified atom stereocenters. The molecule has 0 aromatic heterocycles. The van der Waals surface area contributed by atoms with Gasteiger partial charge in [-0.15, -0.1) is 0 Å². The van der Waals surface area contributed by atoms with E-state index in [0.717, 1.165) is 12.8 Å². The van der Waals surface area contributed by atoms with E-state index in [1.54, 1.807) is 0 Å². The number of hydrogen-bond acceptors (Lipinski definition) is 3. The van der Waals surface area contributed by atoms with E-state index in [9.17, 15) is 9.59 Å². The van der Waals surface area contributed by atoms with Crippen molar-refractivity contribution in [3.05, 3.63) is 0 Å². The SMILES string of the molecule is CCNC(=O)N1CCCC[C@@H](N)C1=O. The van der Waals surface area contributed by atoms with E-state index in [4.69, 9.17) is 5.73 Å².